The average molecular weight is 141 g/mol. The number of rotatable bonds is 1. The highest BCUT2D eigenvalue weighted by Gasteiger charge is 1.90. The first-order valence-electron chi connectivity index (χ1n) is 2.69. The minimum absolute atomic E-state index is 0.829. The topological polar surface area (TPSA) is 17.1 Å². The van der Waals surface area contributed by atoms with E-state index in [2.05, 4.69) is 0 Å². The van der Waals surface area contributed by atoms with E-state index in [0.717, 1.165) is 4.90 Å². The van der Waals surface area contributed by atoms with Crippen LogP contribution >= 0.6 is 0 Å². The summed E-state index contributed by atoms with van der Waals surface area (Å²) in [5.41, 5.74) is 0. The molecule has 0 N–H and O–H groups in total. The highest BCUT2D eigenvalue weighted by Crippen LogP contribution is 2.01. The van der Waals surface area contributed by atoms with Crippen LogP contribution in [-0.2, 0) is 10.8 Å². The standard InChI is InChI=1S/C7H8OS/c1-9(8)7-5-3-2-4-6-7/h2-6H,1H3/i1+1. The molecule has 1 rings (SSSR count). The first-order valence-corrected chi connectivity index (χ1v) is 4.25. The Bertz CT molecular complexity index is 205. The van der Waals surface area contributed by atoms with E-state index in [4.69, 9.17) is 0 Å². The molecule has 2 heteroatoms. The van der Waals surface area contributed by atoms with Crippen molar-refractivity contribution in [1.29, 1.82) is 0 Å². The van der Waals surface area contributed by atoms with E-state index in [1.807, 2.05) is 30.3 Å². The lowest BCUT2D eigenvalue weighted by atomic mass is 10.4. The molecule has 1 aromatic rings. The molecule has 1 unspecified atom stereocenters. The second-order valence-corrected chi connectivity index (χ2v) is 3.15. The molecular formula is C7H8OS. The van der Waals surface area contributed by atoms with E-state index in [1.54, 1.807) is 6.26 Å². The summed E-state index contributed by atoms with van der Waals surface area (Å²) in [5, 5.41) is 0. The van der Waals surface area contributed by atoms with Crippen molar-refractivity contribution in [2.24, 2.45) is 0 Å². The molecule has 0 aromatic heterocycles. The Morgan fingerprint density at radius 3 is 2.11 bits per heavy atom. The second-order valence-electron chi connectivity index (χ2n) is 1.77. The van der Waals surface area contributed by atoms with Crippen LogP contribution in [0.25, 0.3) is 0 Å². The van der Waals surface area contributed by atoms with Gasteiger partial charge < -0.3 is 0 Å². The van der Waals surface area contributed by atoms with Gasteiger partial charge in [0.2, 0.25) is 0 Å². The SMILES string of the molecule is [13CH3]S(=O)c1ccccc1. The van der Waals surface area contributed by atoms with Crippen LogP contribution in [-0.4, -0.2) is 10.5 Å². The van der Waals surface area contributed by atoms with Crippen molar-refractivity contribution in [1.82, 2.24) is 0 Å². The van der Waals surface area contributed by atoms with Gasteiger partial charge in [-0.05, 0) is 12.1 Å². The van der Waals surface area contributed by atoms with Gasteiger partial charge in [-0.25, -0.2) is 0 Å². The van der Waals surface area contributed by atoms with Gasteiger partial charge in [-0.2, -0.15) is 0 Å². The van der Waals surface area contributed by atoms with E-state index in [-0.39, 0.29) is 0 Å². The summed E-state index contributed by atoms with van der Waals surface area (Å²) in [5.74, 6) is 0. The van der Waals surface area contributed by atoms with Crippen molar-refractivity contribution >= 4 is 10.8 Å². The van der Waals surface area contributed by atoms with Gasteiger partial charge in [-0.15, -0.1) is 0 Å². The Labute approximate surface area is 57.2 Å². The van der Waals surface area contributed by atoms with Gasteiger partial charge >= 0.3 is 0 Å². The Hall–Kier alpha value is -0.630. The molecule has 0 amide bonds. The minimum Gasteiger partial charge on any atom is -0.255 e. The van der Waals surface area contributed by atoms with Crippen LogP contribution in [0.15, 0.2) is 35.2 Å². The van der Waals surface area contributed by atoms with E-state index >= 15 is 0 Å². The van der Waals surface area contributed by atoms with Crippen LogP contribution in [0, 0.1) is 0 Å². The molecular weight excluding hydrogens is 133 g/mol. The highest BCUT2D eigenvalue weighted by molar-refractivity contribution is 7.84. The highest BCUT2D eigenvalue weighted by atomic mass is 32.2. The Balaban J connectivity index is 2.98. The number of benzene rings is 1. The maximum atomic E-state index is 10.8. The molecule has 1 atom stereocenters. The van der Waals surface area contributed by atoms with Gasteiger partial charge in [-0.3, -0.25) is 4.21 Å². The van der Waals surface area contributed by atoms with Gasteiger partial charge in [0, 0.05) is 22.0 Å². The van der Waals surface area contributed by atoms with Crippen LogP contribution in [0.3, 0.4) is 0 Å². The maximum absolute atomic E-state index is 10.8. The van der Waals surface area contributed by atoms with Gasteiger partial charge in [-0.1, -0.05) is 18.2 Å². The normalized spacial score (nSPS) is 13.0. The van der Waals surface area contributed by atoms with E-state index < -0.39 is 10.8 Å². The largest absolute Gasteiger partial charge is 0.255 e. The van der Waals surface area contributed by atoms with Crippen LogP contribution in [0.2, 0.25) is 0 Å². The minimum atomic E-state index is -0.829. The van der Waals surface area contributed by atoms with E-state index in [0.29, 0.717) is 0 Å². The molecule has 1 aromatic carbocycles. The quantitative estimate of drug-likeness (QED) is 0.541. The first-order chi connectivity index (χ1) is 4.30. The van der Waals surface area contributed by atoms with Crippen LogP contribution in [0.4, 0.5) is 0 Å². The van der Waals surface area contributed by atoms with E-state index in [1.165, 1.54) is 0 Å². The molecule has 48 valence electrons. The summed E-state index contributed by atoms with van der Waals surface area (Å²) in [7, 11) is -0.829. The molecule has 0 saturated carbocycles. The zero-order valence-electron chi connectivity index (χ0n) is 5.20. The van der Waals surface area contributed by atoms with Crippen LogP contribution < -0.4 is 0 Å². The molecule has 0 bridgehead atoms. The number of hydrogen-bond donors (Lipinski definition) is 0. The predicted octanol–water partition coefficient (Wildman–Crippen LogP) is 1.42. The summed E-state index contributed by atoms with van der Waals surface area (Å²) in [6.45, 7) is 0. The van der Waals surface area contributed by atoms with Gasteiger partial charge in [0.05, 0.1) is 0 Å². The molecule has 0 aliphatic rings. The van der Waals surface area contributed by atoms with Gasteiger partial charge in [0.25, 0.3) is 0 Å². The first kappa shape index (κ1) is 6.49. The van der Waals surface area contributed by atoms with Crippen molar-refractivity contribution in [3.63, 3.8) is 0 Å². The Morgan fingerprint density at radius 2 is 1.78 bits per heavy atom. The summed E-state index contributed by atoms with van der Waals surface area (Å²) in [6, 6.07) is 9.40. The van der Waals surface area contributed by atoms with Gasteiger partial charge in [0.15, 0.2) is 0 Å². The molecule has 0 heterocycles. The lowest BCUT2D eigenvalue weighted by molar-refractivity contribution is 0.687. The van der Waals surface area contributed by atoms with Crippen molar-refractivity contribution < 1.29 is 4.21 Å². The smallest absolute Gasteiger partial charge is 0.0498 e. The fourth-order valence-electron chi connectivity index (χ4n) is 0.612. The molecule has 1 nitrogen and oxygen atoms in total. The monoisotopic (exact) mass is 141 g/mol. The summed E-state index contributed by atoms with van der Waals surface area (Å²) in [6.07, 6.45) is 1.68. The summed E-state index contributed by atoms with van der Waals surface area (Å²) < 4.78 is 10.8. The van der Waals surface area contributed by atoms with Gasteiger partial charge in [0.1, 0.15) is 0 Å². The predicted molar refractivity (Wildman–Crippen MR) is 38.8 cm³/mol. The maximum Gasteiger partial charge on any atom is 0.0498 e. The number of hydrogen-bond acceptors (Lipinski definition) is 1. The fourth-order valence-corrected chi connectivity index (χ4v) is 1.15. The lowest BCUT2D eigenvalue weighted by Crippen LogP contribution is -1.83. The molecule has 0 saturated heterocycles. The third-order valence-electron chi connectivity index (χ3n) is 1.08. The zero-order chi connectivity index (χ0) is 6.69. The fraction of sp³-hybridized carbons (Fsp3) is 0.143. The molecule has 0 fully saturated rings. The van der Waals surface area contributed by atoms with Crippen LogP contribution in [0.5, 0.6) is 0 Å². The molecule has 0 aliphatic heterocycles. The lowest BCUT2D eigenvalue weighted by Gasteiger charge is -1.90. The molecule has 0 spiro atoms. The summed E-state index contributed by atoms with van der Waals surface area (Å²) >= 11 is 0. The van der Waals surface area contributed by atoms with Crippen molar-refractivity contribution in [3.8, 4) is 0 Å². The molecule has 9 heavy (non-hydrogen) atoms. The van der Waals surface area contributed by atoms with Crippen LogP contribution in [0.1, 0.15) is 0 Å². The van der Waals surface area contributed by atoms with Crippen molar-refractivity contribution in [3.05, 3.63) is 30.3 Å². The molecule has 0 radical (unpaired) electrons. The van der Waals surface area contributed by atoms with Crippen molar-refractivity contribution in [2.45, 2.75) is 4.90 Å². The second kappa shape index (κ2) is 2.78. The van der Waals surface area contributed by atoms with E-state index in [9.17, 15) is 4.21 Å². The molecule has 0 aliphatic carbocycles. The Kier molecular flexibility index (Phi) is 2.01. The van der Waals surface area contributed by atoms with Crippen molar-refractivity contribution in [2.75, 3.05) is 6.26 Å². The zero-order valence-corrected chi connectivity index (χ0v) is 6.02. The average Bonchev–Trinajstić information content (AvgIpc) is 1.90. The third kappa shape index (κ3) is 1.64. The summed E-state index contributed by atoms with van der Waals surface area (Å²) in [4.78, 5) is 0.887. The Morgan fingerprint density at radius 1 is 1.22 bits per heavy atom. The third-order valence-corrected chi connectivity index (χ3v) is 2.01.